The first-order valence-electron chi connectivity index (χ1n) is 7.55. The van der Waals surface area contributed by atoms with Gasteiger partial charge in [0.05, 0.1) is 10.8 Å². The van der Waals surface area contributed by atoms with Crippen molar-refractivity contribution in [1.82, 2.24) is 9.03 Å². The third kappa shape index (κ3) is 5.15. The molecule has 130 valence electrons. The first-order chi connectivity index (χ1) is 10.8. The number of halogens is 1. The van der Waals surface area contributed by atoms with Crippen LogP contribution in [0.1, 0.15) is 25.7 Å². The van der Waals surface area contributed by atoms with Gasteiger partial charge in [0, 0.05) is 19.6 Å². The van der Waals surface area contributed by atoms with Crippen molar-refractivity contribution in [2.45, 2.75) is 30.6 Å². The van der Waals surface area contributed by atoms with Crippen LogP contribution < -0.4 is 4.72 Å². The van der Waals surface area contributed by atoms with E-state index in [0.29, 0.717) is 13.1 Å². The fourth-order valence-corrected chi connectivity index (χ4v) is 5.61. The lowest BCUT2D eigenvalue weighted by molar-refractivity contribution is 0.423. The zero-order valence-electron chi connectivity index (χ0n) is 12.7. The fraction of sp³-hybridized carbons (Fsp3) is 0.571. The predicted molar refractivity (Wildman–Crippen MR) is 90.5 cm³/mol. The van der Waals surface area contributed by atoms with Crippen molar-refractivity contribution in [2.75, 3.05) is 25.4 Å². The molecule has 0 radical (unpaired) electrons. The highest BCUT2D eigenvalue weighted by molar-refractivity contribution is 7.90. The maximum Gasteiger partial charge on any atom is 0.242 e. The van der Waals surface area contributed by atoms with Crippen molar-refractivity contribution < 1.29 is 16.8 Å². The Hall–Kier alpha value is -0.670. The van der Waals surface area contributed by atoms with E-state index in [-0.39, 0.29) is 22.2 Å². The van der Waals surface area contributed by atoms with Crippen molar-refractivity contribution in [3.63, 3.8) is 0 Å². The fourth-order valence-electron chi connectivity index (χ4n) is 2.49. The molecule has 1 heterocycles. The molecule has 1 aromatic carbocycles. The third-order valence-corrected chi connectivity index (χ3v) is 7.57. The van der Waals surface area contributed by atoms with Gasteiger partial charge in [0.2, 0.25) is 20.0 Å². The van der Waals surface area contributed by atoms with Crippen LogP contribution in [-0.4, -0.2) is 46.5 Å². The predicted octanol–water partition coefficient (Wildman–Crippen LogP) is 1.82. The zero-order chi connectivity index (χ0) is 16.9. The average Bonchev–Trinajstić information content (AvgIpc) is 2.76. The highest BCUT2D eigenvalue weighted by atomic mass is 35.5. The second-order valence-corrected chi connectivity index (χ2v) is 9.69. The van der Waals surface area contributed by atoms with Gasteiger partial charge in [0.15, 0.2) is 0 Å². The van der Waals surface area contributed by atoms with Crippen molar-refractivity contribution in [2.24, 2.45) is 0 Å². The van der Waals surface area contributed by atoms with Gasteiger partial charge < -0.3 is 0 Å². The summed E-state index contributed by atoms with van der Waals surface area (Å²) in [6.45, 7) is 0.853. The van der Waals surface area contributed by atoms with Gasteiger partial charge >= 0.3 is 0 Å². The Bertz CT molecular complexity index is 727. The van der Waals surface area contributed by atoms with Crippen LogP contribution in [-0.2, 0) is 20.0 Å². The van der Waals surface area contributed by atoms with Crippen LogP contribution in [0, 0.1) is 0 Å². The Morgan fingerprint density at radius 2 is 1.61 bits per heavy atom. The Kier molecular flexibility index (Phi) is 6.44. The van der Waals surface area contributed by atoms with E-state index in [1.54, 1.807) is 12.1 Å². The van der Waals surface area contributed by atoms with E-state index in [1.165, 1.54) is 16.4 Å². The third-order valence-electron chi connectivity index (χ3n) is 3.74. The van der Waals surface area contributed by atoms with Crippen molar-refractivity contribution in [1.29, 1.82) is 0 Å². The second-order valence-electron chi connectivity index (χ2n) is 5.46. The molecule has 0 aromatic heterocycles. The van der Waals surface area contributed by atoms with Crippen LogP contribution in [0.2, 0.25) is 5.02 Å². The highest BCUT2D eigenvalue weighted by Gasteiger charge is 2.24. The molecule has 23 heavy (non-hydrogen) atoms. The van der Waals surface area contributed by atoms with Crippen molar-refractivity contribution in [3.05, 3.63) is 29.3 Å². The number of hydrogen-bond acceptors (Lipinski definition) is 4. The minimum absolute atomic E-state index is 0.0474. The highest BCUT2D eigenvalue weighted by Crippen LogP contribution is 2.20. The Morgan fingerprint density at radius 1 is 1.00 bits per heavy atom. The first kappa shape index (κ1) is 18.7. The standard InChI is InChI=1S/C14H21ClN2O4S2/c15-13-7-3-4-8-14(13)23(20,21)16-9-12-22(18,19)17-10-5-1-2-6-11-17/h3-4,7-8,16H,1-2,5-6,9-12H2. The van der Waals surface area contributed by atoms with Gasteiger partial charge in [-0.15, -0.1) is 0 Å². The quantitative estimate of drug-likeness (QED) is 0.815. The molecule has 1 aromatic rings. The molecule has 6 nitrogen and oxygen atoms in total. The summed E-state index contributed by atoms with van der Waals surface area (Å²) in [5.74, 6) is -0.253. The number of hydrogen-bond donors (Lipinski definition) is 1. The lowest BCUT2D eigenvalue weighted by Crippen LogP contribution is -2.38. The molecule has 1 fully saturated rings. The Labute approximate surface area is 142 Å². The monoisotopic (exact) mass is 380 g/mol. The summed E-state index contributed by atoms with van der Waals surface area (Å²) in [6.07, 6.45) is 3.77. The molecule has 0 saturated carbocycles. The first-order valence-corrected chi connectivity index (χ1v) is 11.0. The largest absolute Gasteiger partial charge is 0.242 e. The van der Waals surface area contributed by atoms with Gasteiger partial charge in [-0.3, -0.25) is 0 Å². The van der Waals surface area contributed by atoms with Crippen LogP contribution in [0.4, 0.5) is 0 Å². The summed E-state index contributed by atoms with van der Waals surface area (Å²) in [7, 11) is -7.26. The van der Waals surface area contributed by atoms with E-state index in [4.69, 9.17) is 11.6 Å². The van der Waals surface area contributed by atoms with E-state index < -0.39 is 20.0 Å². The molecular formula is C14H21ClN2O4S2. The minimum atomic E-state index is -3.82. The molecular weight excluding hydrogens is 360 g/mol. The molecule has 0 atom stereocenters. The number of nitrogens with zero attached hydrogens (tertiary/aromatic N) is 1. The van der Waals surface area contributed by atoms with E-state index in [9.17, 15) is 16.8 Å². The maximum absolute atomic E-state index is 12.3. The van der Waals surface area contributed by atoms with Gasteiger partial charge in [0.1, 0.15) is 4.90 Å². The summed E-state index contributed by atoms with van der Waals surface area (Å²) in [6, 6.07) is 6.05. The van der Waals surface area contributed by atoms with Crippen LogP contribution in [0.25, 0.3) is 0 Å². The molecule has 0 bridgehead atoms. The lowest BCUT2D eigenvalue weighted by Gasteiger charge is -2.19. The SMILES string of the molecule is O=S(=O)(NCCS(=O)(=O)N1CCCCCC1)c1ccccc1Cl. The lowest BCUT2D eigenvalue weighted by atomic mass is 10.2. The molecule has 1 aliphatic heterocycles. The summed E-state index contributed by atoms with van der Waals surface area (Å²) in [5, 5.41) is 0.107. The van der Waals surface area contributed by atoms with E-state index >= 15 is 0 Å². The number of sulfonamides is 2. The van der Waals surface area contributed by atoms with Gasteiger partial charge in [-0.2, -0.15) is 0 Å². The normalized spacial score (nSPS) is 17.8. The smallest absolute Gasteiger partial charge is 0.212 e. The molecule has 1 N–H and O–H groups in total. The molecule has 0 unspecified atom stereocenters. The van der Waals surface area contributed by atoms with Gasteiger partial charge in [-0.25, -0.2) is 25.9 Å². The average molecular weight is 381 g/mol. The molecule has 9 heteroatoms. The van der Waals surface area contributed by atoms with Crippen molar-refractivity contribution in [3.8, 4) is 0 Å². The topological polar surface area (TPSA) is 83.5 Å². The number of benzene rings is 1. The molecule has 1 aliphatic rings. The van der Waals surface area contributed by atoms with Crippen LogP contribution >= 0.6 is 11.6 Å². The molecule has 0 amide bonds. The zero-order valence-corrected chi connectivity index (χ0v) is 15.1. The maximum atomic E-state index is 12.3. The summed E-state index contributed by atoms with van der Waals surface area (Å²) < 4.78 is 52.7. The summed E-state index contributed by atoms with van der Waals surface area (Å²) >= 11 is 5.87. The number of nitrogens with one attached hydrogen (secondary N) is 1. The Balaban J connectivity index is 1.97. The van der Waals surface area contributed by atoms with Gasteiger partial charge in [-0.1, -0.05) is 36.6 Å². The van der Waals surface area contributed by atoms with Crippen molar-refractivity contribution >= 4 is 31.6 Å². The van der Waals surface area contributed by atoms with E-state index in [0.717, 1.165) is 25.7 Å². The van der Waals surface area contributed by atoms with Gasteiger partial charge in [-0.05, 0) is 25.0 Å². The van der Waals surface area contributed by atoms with Crippen LogP contribution in [0.3, 0.4) is 0 Å². The van der Waals surface area contributed by atoms with E-state index in [2.05, 4.69) is 4.72 Å². The summed E-state index contributed by atoms with van der Waals surface area (Å²) in [5.41, 5.74) is 0. The molecule has 0 aliphatic carbocycles. The summed E-state index contributed by atoms with van der Waals surface area (Å²) in [4.78, 5) is -0.0474. The number of rotatable bonds is 6. The van der Waals surface area contributed by atoms with Crippen LogP contribution in [0.15, 0.2) is 29.2 Å². The molecule has 1 saturated heterocycles. The Morgan fingerprint density at radius 3 is 2.22 bits per heavy atom. The van der Waals surface area contributed by atoms with Crippen LogP contribution in [0.5, 0.6) is 0 Å². The van der Waals surface area contributed by atoms with E-state index in [1.807, 2.05) is 0 Å². The molecule has 0 spiro atoms. The molecule has 2 rings (SSSR count). The second kappa shape index (κ2) is 7.94. The van der Waals surface area contributed by atoms with Gasteiger partial charge in [0.25, 0.3) is 0 Å². The minimum Gasteiger partial charge on any atom is -0.212 e.